The topological polar surface area (TPSA) is 39.8 Å². The molecule has 9 aromatic carbocycles. The summed E-state index contributed by atoms with van der Waals surface area (Å²) < 4.78 is 15.0. The van der Waals surface area contributed by atoms with Gasteiger partial charge < -0.3 is 0 Å². The second-order valence-electron chi connectivity index (χ2n) is 13.4. The molecule has 0 aliphatic carbocycles. The molecule has 0 fully saturated rings. The van der Waals surface area contributed by atoms with Gasteiger partial charge >= 0.3 is 22.6 Å². The second-order valence-corrected chi connectivity index (χ2v) is 20.9. The van der Waals surface area contributed by atoms with Crippen molar-refractivity contribution >= 4 is 71.5 Å². The van der Waals surface area contributed by atoms with Gasteiger partial charge in [-0.3, -0.25) is 0 Å². The molecule has 9 aromatic rings. The summed E-state index contributed by atoms with van der Waals surface area (Å²) in [6, 6.07) is 97.5. The van der Waals surface area contributed by atoms with Crippen molar-refractivity contribution in [1.82, 2.24) is 0 Å². The monoisotopic (exact) mass is 903 g/mol. The minimum atomic E-state index is -0.877. The van der Waals surface area contributed by atoms with Crippen molar-refractivity contribution in [1.29, 1.82) is 0 Å². The van der Waals surface area contributed by atoms with Crippen LogP contribution in [-0.4, -0.2) is 0 Å². The zero-order valence-electron chi connectivity index (χ0n) is 34.1. The molecule has 0 aromatic heterocycles. The van der Waals surface area contributed by atoms with Gasteiger partial charge in [0.1, 0.15) is 47.7 Å². The molecule has 0 N–H and O–H groups in total. The van der Waals surface area contributed by atoms with E-state index < -0.39 is 23.8 Å². The summed E-state index contributed by atoms with van der Waals surface area (Å²) in [6.45, 7) is 9.00. The fraction of sp³-hybridized carbons (Fsp3) is 0. The molecule has 0 unspecified atom stereocenters. The van der Waals surface area contributed by atoms with E-state index in [0.29, 0.717) is 0 Å². The quantitative estimate of drug-likeness (QED) is 0.0600. The molecule has 306 valence electrons. The van der Waals surface area contributed by atoms with Gasteiger partial charge in [0.15, 0.2) is 0 Å². The molecule has 0 saturated heterocycles. The molecular weight excluding hydrogens is 856 g/mol. The molecule has 9 rings (SSSR count). The Labute approximate surface area is 381 Å². The molecule has 2 nitrogen and oxygen atoms in total. The van der Waals surface area contributed by atoms with E-state index in [1.54, 1.807) is 0 Å². The van der Waals surface area contributed by atoms with Crippen LogP contribution in [-0.2, 0) is 25.8 Å². The first-order valence-electron chi connectivity index (χ1n) is 19.9. The van der Waals surface area contributed by atoms with Crippen LogP contribution in [0.3, 0.4) is 0 Å². The molecule has 0 spiro atoms. The second kappa shape index (κ2) is 28.7. The van der Waals surface area contributed by atoms with Crippen LogP contribution in [0.1, 0.15) is 0 Å². The van der Waals surface area contributed by atoms with Gasteiger partial charge in [0.2, 0.25) is 0 Å². The van der Waals surface area contributed by atoms with Crippen molar-refractivity contribution in [3.8, 4) is 0 Å². The molecule has 0 aliphatic rings. The molecule has 62 heavy (non-hydrogen) atoms. The van der Waals surface area contributed by atoms with Crippen LogP contribution in [0.25, 0.3) is 0 Å². The predicted molar refractivity (Wildman–Crippen MR) is 267 cm³/mol. The average molecular weight is 905 g/mol. The van der Waals surface area contributed by atoms with E-state index in [1.165, 1.54) is 47.7 Å². The van der Waals surface area contributed by atoms with Gasteiger partial charge in [-0.05, 0) is 109 Å². The molecule has 0 atom stereocenters. The van der Waals surface area contributed by atoms with Crippen LogP contribution < -0.4 is 47.7 Å². The zero-order chi connectivity index (χ0) is 42.7. The maximum Gasteiger partial charge on any atom is 0.102 e. The summed E-state index contributed by atoms with van der Waals surface area (Å²) in [6.07, 6.45) is 0. The first-order chi connectivity index (χ1) is 30.3. The average Bonchev–Trinajstić information content (AvgIpc) is 3.37. The van der Waals surface area contributed by atoms with Crippen LogP contribution in [0.15, 0.2) is 273 Å². The van der Waals surface area contributed by atoms with Crippen LogP contribution in [0.2, 0.25) is 0 Å². The molecule has 6 heteroatoms. The van der Waals surface area contributed by atoms with Gasteiger partial charge in [-0.25, -0.2) is 0 Å². The summed E-state index contributed by atoms with van der Waals surface area (Å²) in [4.78, 5) is 0. The summed E-state index contributed by atoms with van der Waals surface area (Å²) in [5.41, 5.74) is 0. The molecular formula is C56H48NiO2P3+3. The minimum absolute atomic E-state index is 0. The Morgan fingerprint density at radius 2 is 0.258 bits per heavy atom. The molecule has 0 radical (unpaired) electrons. The minimum Gasteiger partial charge on any atom is -0.0620 e. The Morgan fingerprint density at radius 3 is 0.339 bits per heavy atom. The first kappa shape index (κ1) is 48.9. The maximum atomic E-state index is 7.50. The number of hydrogen-bond acceptors (Lipinski definition) is 0. The van der Waals surface area contributed by atoms with Crippen molar-refractivity contribution in [2.24, 2.45) is 0 Å². The number of hydrogen-bond donors (Lipinski definition) is 0. The van der Waals surface area contributed by atoms with Gasteiger partial charge in [0, 0.05) is 16.5 Å². The molecule has 0 saturated carbocycles. The third kappa shape index (κ3) is 14.7. The van der Waals surface area contributed by atoms with Crippen LogP contribution in [0.5, 0.6) is 0 Å². The fourth-order valence-corrected chi connectivity index (χ4v) is 14.7. The Hall–Kier alpha value is -5.76. The third-order valence-corrected chi connectivity index (χ3v) is 17.8. The molecule has 0 bridgehead atoms. The Kier molecular flexibility index (Phi) is 22.6. The van der Waals surface area contributed by atoms with E-state index >= 15 is 0 Å². The summed E-state index contributed by atoms with van der Waals surface area (Å²) >= 11 is 0. The Morgan fingerprint density at radius 1 is 0.177 bits per heavy atom. The van der Waals surface area contributed by atoms with E-state index in [1.807, 2.05) is 0 Å². The number of rotatable bonds is 9. The van der Waals surface area contributed by atoms with E-state index in [9.17, 15) is 0 Å². The molecule has 0 amide bonds. The van der Waals surface area contributed by atoms with E-state index in [4.69, 9.17) is 9.30 Å². The van der Waals surface area contributed by atoms with Crippen molar-refractivity contribution < 1.29 is 25.8 Å². The molecule has 0 aliphatic heterocycles. The smallest absolute Gasteiger partial charge is 0.0620 e. The fourth-order valence-electron chi connectivity index (χ4n) is 6.94. The standard InChI is InChI=1S/3C18H15P.2CO.Ni/c3*1-4-10-16(11-5-1)19(17-12-6-2-7-13-17)18-14-8-3-9-15-18;2*1-2;/h3*1-15H;;;/p+3. The zero-order valence-corrected chi connectivity index (χ0v) is 38.1. The summed E-state index contributed by atoms with van der Waals surface area (Å²) in [5.74, 6) is 0. The maximum absolute atomic E-state index is 7.50. The Bertz CT molecular complexity index is 1960. The van der Waals surface area contributed by atoms with Gasteiger partial charge in [-0.1, -0.05) is 164 Å². The van der Waals surface area contributed by atoms with Crippen molar-refractivity contribution in [3.63, 3.8) is 0 Å². The normalized spacial score (nSPS) is 9.79. The van der Waals surface area contributed by atoms with Crippen LogP contribution in [0, 0.1) is 13.3 Å². The van der Waals surface area contributed by atoms with Crippen molar-refractivity contribution in [2.45, 2.75) is 0 Å². The largest absolute Gasteiger partial charge is 0.102 e. The van der Waals surface area contributed by atoms with E-state index in [0.717, 1.165) is 0 Å². The van der Waals surface area contributed by atoms with Crippen LogP contribution >= 0.6 is 23.8 Å². The van der Waals surface area contributed by atoms with E-state index in [2.05, 4.69) is 286 Å². The van der Waals surface area contributed by atoms with Gasteiger partial charge in [-0.2, -0.15) is 0 Å². The number of benzene rings is 9. The summed E-state index contributed by atoms with van der Waals surface area (Å²) in [7, 11) is -2.63. The van der Waals surface area contributed by atoms with Crippen molar-refractivity contribution in [2.75, 3.05) is 0 Å². The SMILES string of the molecule is [C-]#[O+].[C-]#[O+].[Ni].c1ccc([PH+](c2ccccc2)c2ccccc2)cc1.c1ccc([PH+](c2ccccc2)c2ccccc2)cc1.c1ccc([PH+](c2ccccc2)c2ccccc2)cc1. The molecule has 0 heterocycles. The Balaban J connectivity index is 0.000000195. The van der Waals surface area contributed by atoms with Crippen molar-refractivity contribution in [3.05, 3.63) is 286 Å². The summed E-state index contributed by atoms with van der Waals surface area (Å²) in [5, 5.41) is 12.9. The predicted octanol–water partition coefficient (Wildman–Crippen LogP) is 9.45. The third-order valence-electron chi connectivity index (χ3n) is 9.56. The van der Waals surface area contributed by atoms with E-state index in [-0.39, 0.29) is 16.5 Å². The van der Waals surface area contributed by atoms with Crippen LogP contribution in [0.4, 0.5) is 0 Å². The van der Waals surface area contributed by atoms with Gasteiger partial charge in [-0.15, -0.1) is 0 Å². The van der Waals surface area contributed by atoms with Gasteiger partial charge in [0.25, 0.3) is 0 Å². The first-order valence-corrected chi connectivity index (χ1v) is 24.4. The van der Waals surface area contributed by atoms with Gasteiger partial charge in [0.05, 0.1) is 23.8 Å².